The number of likely N-dealkylation sites (N-methyl/N-ethyl adjacent to an activating group) is 2. The van der Waals surface area contributed by atoms with Crippen molar-refractivity contribution in [3.63, 3.8) is 0 Å². The first-order valence-corrected chi connectivity index (χ1v) is 30.8. The molecule has 1 aliphatic carbocycles. The fraction of sp³-hybridized carbons (Fsp3) is 0.770. The number of anilines is 1. The number of cyclic esters (lactones) is 1. The lowest BCUT2D eigenvalue weighted by Gasteiger charge is -2.49. The Morgan fingerprint density at radius 2 is 1.61 bits per heavy atom. The quantitative estimate of drug-likeness (QED) is 0.0568. The minimum absolute atomic E-state index is 0.0275. The van der Waals surface area contributed by atoms with Crippen LogP contribution in [0.1, 0.15) is 131 Å². The Morgan fingerprint density at radius 1 is 0.920 bits per heavy atom. The highest BCUT2D eigenvalue weighted by atomic mass is 35.5. The van der Waals surface area contributed by atoms with Gasteiger partial charge in [0.2, 0.25) is 11.3 Å². The predicted molar refractivity (Wildman–Crippen MR) is 317 cm³/mol. The summed E-state index contributed by atoms with van der Waals surface area (Å²) in [6.07, 6.45) is -6.60. The normalized spacial score (nSPS) is 35.5. The van der Waals surface area contributed by atoms with Crippen LogP contribution in [-0.4, -0.2) is 224 Å². The van der Waals surface area contributed by atoms with Gasteiger partial charge >= 0.3 is 24.1 Å². The van der Waals surface area contributed by atoms with Crippen molar-refractivity contribution < 1.29 is 91.4 Å². The monoisotopic (exact) mass is 1250 g/mol. The molecule has 25 nitrogen and oxygen atoms in total. The van der Waals surface area contributed by atoms with E-state index in [1.807, 2.05) is 58.6 Å². The zero-order chi connectivity index (χ0) is 64.0. The molecule has 0 spiro atoms. The van der Waals surface area contributed by atoms with Crippen molar-refractivity contribution in [2.24, 2.45) is 17.8 Å². The number of carbonyl (C=O) groups is 5. The van der Waals surface area contributed by atoms with Crippen LogP contribution in [0.5, 0.6) is 0 Å². The molecule has 87 heavy (non-hydrogen) atoms. The van der Waals surface area contributed by atoms with Crippen LogP contribution in [0.15, 0.2) is 23.1 Å². The molecule has 4 saturated heterocycles. The standard InChI is InChI=1S/C61H94ClN5O20/c1-15-45-61(10)53(86-58(75)87-61)36(6)66(13)30-32(2)27-59(8,76)52(85-57-50(71)44(65(11)12)24-33(3)80-57)34(4)51(35(5)56(74)82-45)84-48-28-60(9,77-14)54(37(7)81-48)83-47(69)29-64-46(68)18-20-78-22-23-79-21-19-63-42-25-39-43(26-41(42)62)67(38-16-17-38)31-40(49(39)70)55(72)73/h25-26,31-38,44-45,48,50-54,57,63,71,76H,15-24,27-30H2,1-14H3,(H,64,68)(H,72,73)/t32-,33-,34+,35-,36-,37+,44+,45-,48?,50-,51+,52-,53+,54+,57+,59-,60-,61-/m1/s1. The number of nitrogens with zero attached hydrogens (tertiary/aromatic N) is 3. The minimum atomic E-state index is -1.66. The number of benzene rings is 1. The Hall–Kier alpha value is -4.77. The Morgan fingerprint density at radius 3 is 2.25 bits per heavy atom. The summed E-state index contributed by atoms with van der Waals surface area (Å²) in [6, 6.07) is 2.59. The maximum absolute atomic E-state index is 14.8. The number of carboxylic acids is 1. The fourth-order valence-corrected chi connectivity index (χ4v) is 13.3. The van der Waals surface area contributed by atoms with E-state index in [-0.39, 0.29) is 87.2 Å². The van der Waals surface area contributed by atoms with Gasteiger partial charge in [0.05, 0.1) is 78.6 Å². The van der Waals surface area contributed by atoms with E-state index in [0.29, 0.717) is 35.7 Å². The highest BCUT2D eigenvalue weighted by Gasteiger charge is 2.59. The van der Waals surface area contributed by atoms with Gasteiger partial charge in [-0.2, -0.15) is 0 Å². The lowest BCUT2D eigenvalue weighted by Crippen LogP contribution is -2.61. The van der Waals surface area contributed by atoms with Crippen molar-refractivity contribution in [2.75, 3.05) is 79.6 Å². The van der Waals surface area contributed by atoms with Gasteiger partial charge in [0.25, 0.3) is 0 Å². The topological polar surface area (TPSA) is 300 Å². The molecular weight excluding hydrogens is 1160 g/mol. The summed E-state index contributed by atoms with van der Waals surface area (Å²) in [6.45, 7) is 18.8. The number of carboxylic acid groups (broad SMARTS) is 1. The van der Waals surface area contributed by atoms with Crippen LogP contribution in [0.4, 0.5) is 10.5 Å². The SMILES string of the molecule is CC[C@H]1OC(=O)[C@H](C)[C@@H](OC2C[C@@](C)(OC)[C@@H](OC(=O)CNC(=O)CCOCCOCCNc3cc4c(=O)c(C(=O)O)cn(C5CC5)c4cc3Cl)[C@H](C)O2)[C@H](C)[C@@H](O[C@@H]2O[C@H](C)C[C@H](N(C)C)[C@H]2O)[C@](C)(O)C[C@@H](C)CN(C)[C@H](C)[C@@H]2OC(=O)O[C@]12C. The highest BCUT2D eigenvalue weighted by molar-refractivity contribution is 6.34. The number of hydrogen-bond acceptors (Lipinski definition) is 22. The molecule has 5 heterocycles. The molecule has 5 aliphatic rings. The first-order chi connectivity index (χ1) is 40.9. The number of rotatable bonds is 22. The molecule has 490 valence electrons. The third kappa shape index (κ3) is 16.6. The van der Waals surface area contributed by atoms with Crippen LogP contribution in [-0.2, 0) is 66.5 Å². The van der Waals surface area contributed by atoms with Crippen LogP contribution in [0, 0.1) is 17.8 Å². The minimum Gasteiger partial charge on any atom is -0.477 e. The number of ether oxygens (including phenoxy) is 11. The number of nitrogens with one attached hydrogen (secondary N) is 2. The summed E-state index contributed by atoms with van der Waals surface area (Å²) in [4.78, 5) is 82.8. The molecule has 4 aliphatic heterocycles. The molecule has 5 N–H and O–H groups in total. The number of aliphatic hydroxyl groups excluding tert-OH is 1. The molecule has 5 fully saturated rings. The van der Waals surface area contributed by atoms with Crippen molar-refractivity contribution in [3.8, 4) is 0 Å². The predicted octanol–water partition coefficient (Wildman–Crippen LogP) is 5.29. The second kappa shape index (κ2) is 29.5. The zero-order valence-electron chi connectivity index (χ0n) is 52.9. The summed E-state index contributed by atoms with van der Waals surface area (Å²) >= 11 is 6.56. The Kier molecular flexibility index (Phi) is 23.6. The number of methoxy groups -OCH3 is 1. The molecular formula is C61H94ClN5O20. The lowest BCUT2D eigenvalue weighted by atomic mass is 9.77. The molecule has 1 unspecified atom stereocenters. The molecule has 2 aromatic rings. The average molecular weight is 1250 g/mol. The molecule has 26 heteroatoms. The van der Waals surface area contributed by atoms with Gasteiger partial charge in [-0.1, -0.05) is 32.4 Å². The van der Waals surface area contributed by atoms with Crippen LogP contribution in [0.25, 0.3) is 10.9 Å². The first kappa shape index (κ1) is 69.7. The van der Waals surface area contributed by atoms with Gasteiger partial charge in [-0.3, -0.25) is 24.1 Å². The van der Waals surface area contributed by atoms with Crippen molar-refractivity contribution in [2.45, 2.75) is 211 Å². The maximum Gasteiger partial charge on any atom is 0.509 e. The van der Waals surface area contributed by atoms with E-state index in [4.69, 9.17) is 63.7 Å². The Labute approximate surface area is 514 Å². The summed E-state index contributed by atoms with van der Waals surface area (Å²) in [5.41, 5.74) is -4.15. The molecule has 1 saturated carbocycles. The van der Waals surface area contributed by atoms with E-state index in [9.17, 15) is 44.1 Å². The molecule has 18 atom stereocenters. The third-order valence-electron chi connectivity index (χ3n) is 18.0. The number of pyridine rings is 1. The maximum atomic E-state index is 14.8. The second-order valence-corrected chi connectivity index (χ2v) is 25.8. The van der Waals surface area contributed by atoms with Crippen LogP contribution < -0.4 is 16.1 Å². The highest BCUT2D eigenvalue weighted by Crippen LogP contribution is 2.43. The van der Waals surface area contributed by atoms with E-state index in [2.05, 4.69) is 10.6 Å². The van der Waals surface area contributed by atoms with Gasteiger partial charge < -0.3 is 87.5 Å². The van der Waals surface area contributed by atoms with Gasteiger partial charge in [0.1, 0.15) is 29.9 Å². The number of aliphatic hydroxyl groups is 2. The van der Waals surface area contributed by atoms with Gasteiger partial charge in [-0.05, 0) is 120 Å². The molecule has 1 aromatic heterocycles. The van der Waals surface area contributed by atoms with Crippen LogP contribution in [0.2, 0.25) is 5.02 Å². The van der Waals surface area contributed by atoms with E-state index < -0.39 is 132 Å². The van der Waals surface area contributed by atoms with Gasteiger partial charge in [0, 0.05) is 68.7 Å². The summed E-state index contributed by atoms with van der Waals surface area (Å²) in [5.74, 6) is -5.40. The van der Waals surface area contributed by atoms with Crippen molar-refractivity contribution in [3.05, 3.63) is 39.1 Å². The van der Waals surface area contributed by atoms with Crippen molar-refractivity contribution >= 4 is 58.2 Å². The number of fused-ring (bicyclic) bond motifs is 2. The lowest BCUT2D eigenvalue weighted by molar-refractivity contribution is -0.318. The van der Waals surface area contributed by atoms with E-state index >= 15 is 0 Å². The second-order valence-electron chi connectivity index (χ2n) is 25.4. The summed E-state index contributed by atoms with van der Waals surface area (Å²) < 4.78 is 69.7. The van der Waals surface area contributed by atoms with Crippen LogP contribution >= 0.6 is 11.6 Å². The van der Waals surface area contributed by atoms with Crippen molar-refractivity contribution in [1.29, 1.82) is 0 Å². The smallest absolute Gasteiger partial charge is 0.477 e. The molecule has 1 aromatic carbocycles. The van der Waals surface area contributed by atoms with Gasteiger partial charge in [-0.15, -0.1) is 0 Å². The van der Waals surface area contributed by atoms with Gasteiger partial charge in [0.15, 0.2) is 30.4 Å². The van der Waals surface area contributed by atoms with Crippen LogP contribution in [0.3, 0.4) is 0 Å². The van der Waals surface area contributed by atoms with E-state index in [0.717, 1.165) is 12.8 Å². The molecule has 0 radical (unpaired) electrons. The summed E-state index contributed by atoms with van der Waals surface area (Å²) in [5, 5.41) is 40.6. The number of carbonyl (C=O) groups excluding carboxylic acids is 4. The summed E-state index contributed by atoms with van der Waals surface area (Å²) in [7, 11) is 7.08. The van der Waals surface area contributed by atoms with Crippen molar-refractivity contribution in [1.82, 2.24) is 19.7 Å². The molecule has 7 rings (SSSR count). The fourth-order valence-electron chi connectivity index (χ4n) is 13.1. The third-order valence-corrected chi connectivity index (χ3v) is 18.3. The average Bonchev–Trinajstić information content (AvgIpc) is 1.84. The first-order valence-electron chi connectivity index (χ1n) is 30.4. The van der Waals surface area contributed by atoms with E-state index in [1.165, 1.54) is 13.3 Å². The molecule has 1 amide bonds. The number of aromatic carboxylic acids is 1. The Balaban J connectivity index is 0.960. The number of aromatic nitrogens is 1. The van der Waals surface area contributed by atoms with E-state index in [1.54, 1.807) is 58.2 Å². The number of halogens is 1. The number of amides is 1. The molecule has 0 bridgehead atoms. The van der Waals surface area contributed by atoms with Gasteiger partial charge in [-0.25, -0.2) is 9.59 Å². The Bertz CT molecular complexity index is 2790. The number of esters is 2. The largest absolute Gasteiger partial charge is 0.509 e. The zero-order valence-corrected chi connectivity index (χ0v) is 53.6. The number of hydrogen-bond donors (Lipinski definition) is 5.